The van der Waals surface area contributed by atoms with Gasteiger partial charge in [-0.1, -0.05) is 25.6 Å². The van der Waals surface area contributed by atoms with Crippen molar-refractivity contribution in [1.29, 1.82) is 0 Å². The summed E-state index contributed by atoms with van der Waals surface area (Å²) in [5, 5.41) is 5.03. The number of amidine groups is 1. The lowest BCUT2D eigenvalue weighted by molar-refractivity contribution is 0.575. The fourth-order valence-corrected chi connectivity index (χ4v) is 3.11. The third kappa shape index (κ3) is 3.46. The van der Waals surface area contributed by atoms with Crippen molar-refractivity contribution < 1.29 is 0 Å². The number of hydrogen-bond donors (Lipinski definition) is 1. The number of nitrogens with one attached hydrogen (secondary N) is 1. The molecule has 1 unspecified atom stereocenters. The number of aryl methyl sites for hydroxylation is 1. The largest absolute Gasteiger partial charge is 0.333 e. The van der Waals surface area contributed by atoms with Gasteiger partial charge in [0.25, 0.3) is 0 Å². The molecule has 1 aliphatic rings. The predicted molar refractivity (Wildman–Crippen MR) is 75.7 cm³/mol. The van der Waals surface area contributed by atoms with Crippen molar-refractivity contribution in [3.63, 3.8) is 0 Å². The minimum absolute atomic E-state index is 0.634. The van der Waals surface area contributed by atoms with E-state index in [9.17, 15) is 0 Å². The van der Waals surface area contributed by atoms with Crippen molar-refractivity contribution in [2.75, 3.05) is 11.9 Å². The third-order valence-corrected chi connectivity index (χ3v) is 3.86. The standard InChI is InChI=1S/C13H19N3S/c1-9(2)6-11-7-15-13(17-11)16-12-8-14-5-4-10(12)3/h4-5,8-9,11H,6-7H2,1-3H3,(H,15,16). The van der Waals surface area contributed by atoms with Gasteiger partial charge in [0.2, 0.25) is 0 Å². The van der Waals surface area contributed by atoms with Crippen LogP contribution in [0.15, 0.2) is 23.5 Å². The second-order valence-electron chi connectivity index (χ2n) is 4.83. The molecule has 3 nitrogen and oxygen atoms in total. The fraction of sp³-hybridized carbons (Fsp3) is 0.538. The molecule has 4 heteroatoms. The molecular weight excluding hydrogens is 230 g/mol. The van der Waals surface area contributed by atoms with Crippen LogP contribution >= 0.6 is 11.8 Å². The van der Waals surface area contributed by atoms with Crippen LogP contribution in [0.4, 0.5) is 5.69 Å². The average molecular weight is 249 g/mol. The van der Waals surface area contributed by atoms with E-state index < -0.39 is 0 Å². The van der Waals surface area contributed by atoms with Gasteiger partial charge in [0, 0.05) is 11.4 Å². The number of nitrogens with zero attached hydrogens (tertiary/aromatic N) is 2. The van der Waals surface area contributed by atoms with Crippen molar-refractivity contribution in [2.24, 2.45) is 10.9 Å². The van der Waals surface area contributed by atoms with Crippen molar-refractivity contribution in [3.8, 4) is 0 Å². The zero-order valence-electron chi connectivity index (χ0n) is 10.6. The molecule has 1 atom stereocenters. The summed E-state index contributed by atoms with van der Waals surface area (Å²) in [5.74, 6) is 0.738. The predicted octanol–water partition coefficient (Wildman–Crippen LogP) is 3.32. The first kappa shape index (κ1) is 12.4. The second-order valence-corrected chi connectivity index (χ2v) is 6.12. The highest BCUT2D eigenvalue weighted by atomic mass is 32.2. The number of rotatable bonds is 3. The lowest BCUT2D eigenvalue weighted by Gasteiger charge is -2.11. The molecule has 1 N–H and O–H groups in total. The van der Waals surface area contributed by atoms with Gasteiger partial charge in [-0.05, 0) is 30.9 Å². The average Bonchev–Trinajstić information content (AvgIpc) is 2.68. The summed E-state index contributed by atoms with van der Waals surface area (Å²) in [4.78, 5) is 8.68. The van der Waals surface area contributed by atoms with Crippen LogP contribution in [0.3, 0.4) is 0 Å². The molecule has 0 saturated carbocycles. The number of anilines is 1. The van der Waals surface area contributed by atoms with Gasteiger partial charge in [-0.2, -0.15) is 0 Å². The summed E-state index contributed by atoms with van der Waals surface area (Å²) >= 11 is 1.85. The van der Waals surface area contributed by atoms with E-state index in [4.69, 9.17) is 0 Å². The number of aliphatic imine (C=N–C) groups is 1. The molecule has 0 fully saturated rings. The van der Waals surface area contributed by atoms with E-state index in [1.54, 1.807) is 0 Å². The van der Waals surface area contributed by atoms with E-state index in [1.165, 1.54) is 12.0 Å². The highest BCUT2D eigenvalue weighted by molar-refractivity contribution is 8.15. The first-order chi connectivity index (χ1) is 8.15. The van der Waals surface area contributed by atoms with E-state index >= 15 is 0 Å². The van der Waals surface area contributed by atoms with Gasteiger partial charge in [-0.15, -0.1) is 0 Å². The first-order valence-corrected chi connectivity index (χ1v) is 6.92. The van der Waals surface area contributed by atoms with Crippen LogP contribution in [0.1, 0.15) is 25.8 Å². The summed E-state index contributed by atoms with van der Waals surface area (Å²) in [6.45, 7) is 7.54. The molecular formula is C13H19N3S. The lowest BCUT2D eigenvalue weighted by Crippen LogP contribution is -2.10. The van der Waals surface area contributed by atoms with Gasteiger partial charge in [-0.25, -0.2) is 0 Å². The van der Waals surface area contributed by atoms with Crippen LogP contribution in [0.5, 0.6) is 0 Å². The Labute approximate surface area is 107 Å². The van der Waals surface area contributed by atoms with Crippen LogP contribution in [0.25, 0.3) is 0 Å². The van der Waals surface area contributed by atoms with Crippen LogP contribution in [0.2, 0.25) is 0 Å². The zero-order valence-corrected chi connectivity index (χ0v) is 11.4. The molecule has 0 spiro atoms. The Bertz CT molecular complexity index is 415. The smallest absolute Gasteiger partial charge is 0.161 e. The van der Waals surface area contributed by atoms with Gasteiger partial charge < -0.3 is 5.32 Å². The fourth-order valence-electron chi connectivity index (χ4n) is 1.84. The maximum atomic E-state index is 4.55. The molecule has 0 bridgehead atoms. The molecule has 1 aromatic rings. The first-order valence-electron chi connectivity index (χ1n) is 6.04. The second kappa shape index (κ2) is 5.54. The van der Waals surface area contributed by atoms with Crippen molar-refractivity contribution >= 4 is 22.6 Å². The zero-order chi connectivity index (χ0) is 12.3. The molecule has 0 amide bonds. The Kier molecular flexibility index (Phi) is 4.05. The number of pyridine rings is 1. The lowest BCUT2D eigenvalue weighted by atomic mass is 10.1. The maximum Gasteiger partial charge on any atom is 0.161 e. The molecule has 2 rings (SSSR count). The van der Waals surface area contributed by atoms with Crippen LogP contribution in [-0.2, 0) is 0 Å². The molecule has 1 aliphatic heterocycles. The van der Waals surface area contributed by atoms with E-state index in [2.05, 4.69) is 36.1 Å². The van der Waals surface area contributed by atoms with Gasteiger partial charge in [0.1, 0.15) is 0 Å². The minimum Gasteiger partial charge on any atom is -0.333 e. The molecule has 0 saturated heterocycles. The van der Waals surface area contributed by atoms with Crippen molar-refractivity contribution in [3.05, 3.63) is 24.0 Å². The Morgan fingerprint density at radius 3 is 3.06 bits per heavy atom. The van der Waals surface area contributed by atoms with Crippen LogP contribution in [0, 0.1) is 12.8 Å². The summed E-state index contributed by atoms with van der Waals surface area (Å²) in [6, 6.07) is 2.01. The van der Waals surface area contributed by atoms with Gasteiger partial charge >= 0.3 is 0 Å². The quantitative estimate of drug-likeness (QED) is 0.893. The molecule has 2 heterocycles. The Balaban J connectivity index is 1.92. The SMILES string of the molecule is Cc1ccncc1NC1=NCC(CC(C)C)S1. The molecule has 17 heavy (non-hydrogen) atoms. The van der Waals surface area contributed by atoms with Crippen LogP contribution in [-0.4, -0.2) is 21.9 Å². The highest BCUT2D eigenvalue weighted by Gasteiger charge is 2.20. The van der Waals surface area contributed by atoms with E-state index in [1.807, 2.05) is 30.2 Å². The molecule has 1 aromatic heterocycles. The van der Waals surface area contributed by atoms with Crippen molar-refractivity contribution in [1.82, 2.24) is 4.98 Å². The Hall–Kier alpha value is -1.03. The molecule has 0 aliphatic carbocycles. The molecule has 92 valence electrons. The summed E-state index contributed by atoms with van der Waals surface area (Å²) < 4.78 is 0. The third-order valence-electron chi connectivity index (χ3n) is 2.73. The maximum absolute atomic E-state index is 4.55. The van der Waals surface area contributed by atoms with Gasteiger partial charge in [0.05, 0.1) is 18.4 Å². The summed E-state index contributed by atoms with van der Waals surface area (Å²) in [7, 11) is 0. The van der Waals surface area contributed by atoms with Crippen LogP contribution < -0.4 is 5.32 Å². The van der Waals surface area contributed by atoms with E-state index in [0.29, 0.717) is 5.25 Å². The topological polar surface area (TPSA) is 37.3 Å². The minimum atomic E-state index is 0.634. The van der Waals surface area contributed by atoms with Gasteiger partial charge in [-0.3, -0.25) is 9.98 Å². The monoisotopic (exact) mass is 249 g/mol. The number of hydrogen-bond acceptors (Lipinski definition) is 4. The molecule has 0 aromatic carbocycles. The van der Waals surface area contributed by atoms with Gasteiger partial charge in [0.15, 0.2) is 5.17 Å². The molecule has 0 radical (unpaired) electrons. The van der Waals surface area contributed by atoms with Crippen molar-refractivity contribution in [2.45, 2.75) is 32.4 Å². The number of aromatic nitrogens is 1. The Morgan fingerprint density at radius 1 is 1.53 bits per heavy atom. The van der Waals surface area contributed by atoms with E-state index in [-0.39, 0.29) is 0 Å². The summed E-state index contributed by atoms with van der Waals surface area (Å²) in [6.07, 6.45) is 4.89. The normalized spacial score (nSPS) is 19.5. The highest BCUT2D eigenvalue weighted by Crippen LogP contribution is 2.27. The summed E-state index contributed by atoms with van der Waals surface area (Å²) in [5.41, 5.74) is 2.26. The van der Waals surface area contributed by atoms with E-state index in [0.717, 1.165) is 23.3 Å². The Morgan fingerprint density at radius 2 is 2.35 bits per heavy atom. The number of thioether (sulfide) groups is 1.